The minimum Gasteiger partial charge on any atom is -0.386 e. The third-order valence-electron chi connectivity index (χ3n) is 3.69. The van der Waals surface area contributed by atoms with Crippen LogP contribution in [0.1, 0.15) is 36.6 Å². The van der Waals surface area contributed by atoms with E-state index < -0.39 is 6.10 Å². The van der Waals surface area contributed by atoms with Crippen LogP contribution in [0.3, 0.4) is 0 Å². The number of likely N-dealkylation sites (N-methyl/N-ethyl adjacent to an activating group) is 1. The summed E-state index contributed by atoms with van der Waals surface area (Å²) >= 11 is 0. The Bertz CT molecular complexity index is 568. The SMILES string of the molecule is CCC(=O)N(C)[C@H](c1ccccc1)[C@H](O)c1ccccc1. The molecule has 3 heteroatoms. The number of hydrogen-bond donors (Lipinski definition) is 1. The van der Waals surface area contributed by atoms with E-state index in [2.05, 4.69) is 0 Å². The Morgan fingerprint density at radius 1 is 1.00 bits per heavy atom. The number of aliphatic hydroxyl groups is 1. The fourth-order valence-electron chi connectivity index (χ4n) is 2.50. The molecular weight excluding hydrogens is 262 g/mol. The molecule has 0 fully saturated rings. The lowest BCUT2D eigenvalue weighted by Crippen LogP contribution is -2.34. The lowest BCUT2D eigenvalue weighted by atomic mass is 9.94. The number of amides is 1. The molecule has 2 rings (SSSR count). The van der Waals surface area contributed by atoms with Crippen LogP contribution < -0.4 is 0 Å². The van der Waals surface area contributed by atoms with Crippen LogP contribution in [-0.2, 0) is 4.79 Å². The molecule has 0 heterocycles. The van der Waals surface area contributed by atoms with Gasteiger partial charge in [0.15, 0.2) is 0 Å². The average molecular weight is 283 g/mol. The quantitative estimate of drug-likeness (QED) is 0.914. The van der Waals surface area contributed by atoms with Gasteiger partial charge in [0.1, 0.15) is 6.10 Å². The van der Waals surface area contributed by atoms with Crippen molar-refractivity contribution >= 4 is 5.91 Å². The molecule has 0 radical (unpaired) electrons. The van der Waals surface area contributed by atoms with E-state index in [1.165, 1.54) is 0 Å². The second-order valence-electron chi connectivity index (χ2n) is 5.07. The molecule has 1 amide bonds. The van der Waals surface area contributed by atoms with E-state index in [-0.39, 0.29) is 11.9 Å². The first-order valence-corrected chi connectivity index (χ1v) is 7.18. The Balaban J connectivity index is 2.39. The highest BCUT2D eigenvalue weighted by molar-refractivity contribution is 5.76. The summed E-state index contributed by atoms with van der Waals surface area (Å²) in [6.45, 7) is 1.83. The predicted molar refractivity (Wildman–Crippen MR) is 83.6 cm³/mol. The fraction of sp³-hybridized carbons (Fsp3) is 0.278. The second-order valence-corrected chi connectivity index (χ2v) is 5.07. The molecule has 0 bridgehead atoms. The normalized spacial score (nSPS) is 13.5. The van der Waals surface area contributed by atoms with E-state index in [4.69, 9.17) is 0 Å². The molecule has 0 saturated carbocycles. The van der Waals surface area contributed by atoms with E-state index in [0.29, 0.717) is 6.42 Å². The van der Waals surface area contributed by atoms with Gasteiger partial charge in [-0.25, -0.2) is 0 Å². The molecule has 0 spiro atoms. The van der Waals surface area contributed by atoms with Crippen LogP contribution in [0.2, 0.25) is 0 Å². The highest BCUT2D eigenvalue weighted by atomic mass is 16.3. The van der Waals surface area contributed by atoms with Crippen molar-refractivity contribution in [2.24, 2.45) is 0 Å². The molecule has 110 valence electrons. The maximum absolute atomic E-state index is 12.1. The number of aliphatic hydroxyl groups excluding tert-OH is 1. The third-order valence-corrected chi connectivity index (χ3v) is 3.69. The van der Waals surface area contributed by atoms with Crippen molar-refractivity contribution in [3.63, 3.8) is 0 Å². The Hall–Kier alpha value is -2.13. The zero-order valence-electron chi connectivity index (χ0n) is 12.4. The molecule has 0 saturated heterocycles. The number of hydrogen-bond acceptors (Lipinski definition) is 2. The lowest BCUT2D eigenvalue weighted by Gasteiger charge is -2.32. The highest BCUT2D eigenvalue weighted by Gasteiger charge is 2.28. The molecule has 0 aliphatic rings. The van der Waals surface area contributed by atoms with Crippen molar-refractivity contribution in [2.75, 3.05) is 7.05 Å². The average Bonchev–Trinajstić information content (AvgIpc) is 2.56. The standard InChI is InChI=1S/C18H21NO2/c1-3-16(20)19(2)17(14-10-6-4-7-11-14)18(21)15-12-8-5-9-13-15/h4-13,17-18,21H,3H2,1-2H3/t17-,18-/m1/s1. The van der Waals surface area contributed by atoms with Crippen LogP contribution in [0.15, 0.2) is 60.7 Å². The number of carbonyl (C=O) groups excluding carboxylic acids is 1. The van der Waals surface area contributed by atoms with Crippen LogP contribution in [0.5, 0.6) is 0 Å². The first-order valence-electron chi connectivity index (χ1n) is 7.18. The molecule has 0 aliphatic heterocycles. The van der Waals surface area contributed by atoms with Gasteiger partial charge in [0, 0.05) is 13.5 Å². The summed E-state index contributed by atoms with van der Waals surface area (Å²) in [6.07, 6.45) is -0.337. The van der Waals surface area contributed by atoms with Crippen molar-refractivity contribution in [3.8, 4) is 0 Å². The maximum Gasteiger partial charge on any atom is 0.222 e. The molecule has 0 unspecified atom stereocenters. The maximum atomic E-state index is 12.1. The summed E-state index contributed by atoms with van der Waals surface area (Å²) in [4.78, 5) is 13.7. The van der Waals surface area contributed by atoms with Gasteiger partial charge in [-0.15, -0.1) is 0 Å². The fourth-order valence-corrected chi connectivity index (χ4v) is 2.50. The molecule has 3 nitrogen and oxygen atoms in total. The lowest BCUT2D eigenvalue weighted by molar-refractivity contribution is -0.134. The van der Waals surface area contributed by atoms with Crippen LogP contribution >= 0.6 is 0 Å². The monoisotopic (exact) mass is 283 g/mol. The van der Waals surface area contributed by atoms with E-state index >= 15 is 0 Å². The zero-order valence-corrected chi connectivity index (χ0v) is 12.4. The van der Waals surface area contributed by atoms with Gasteiger partial charge in [-0.05, 0) is 11.1 Å². The molecule has 2 aromatic rings. The molecule has 0 aromatic heterocycles. The largest absolute Gasteiger partial charge is 0.386 e. The summed E-state index contributed by atoms with van der Waals surface area (Å²) in [5, 5.41) is 10.8. The van der Waals surface area contributed by atoms with Crippen molar-refractivity contribution in [2.45, 2.75) is 25.5 Å². The van der Waals surface area contributed by atoms with Gasteiger partial charge in [-0.2, -0.15) is 0 Å². The van der Waals surface area contributed by atoms with Crippen LogP contribution in [0.25, 0.3) is 0 Å². The van der Waals surface area contributed by atoms with Crippen LogP contribution in [-0.4, -0.2) is 23.0 Å². The van der Waals surface area contributed by atoms with Gasteiger partial charge in [0.05, 0.1) is 6.04 Å². The summed E-state index contributed by atoms with van der Waals surface area (Å²) in [7, 11) is 1.75. The highest BCUT2D eigenvalue weighted by Crippen LogP contribution is 2.33. The molecule has 0 aliphatic carbocycles. The topological polar surface area (TPSA) is 40.5 Å². The number of carbonyl (C=O) groups is 1. The Morgan fingerprint density at radius 2 is 1.48 bits per heavy atom. The number of rotatable bonds is 5. The van der Waals surface area contributed by atoms with E-state index in [1.54, 1.807) is 11.9 Å². The van der Waals surface area contributed by atoms with E-state index in [9.17, 15) is 9.90 Å². The van der Waals surface area contributed by atoms with Gasteiger partial charge < -0.3 is 10.0 Å². The van der Waals surface area contributed by atoms with Gasteiger partial charge in [0.2, 0.25) is 5.91 Å². The first-order chi connectivity index (χ1) is 10.1. The summed E-state index contributed by atoms with van der Waals surface area (Å²) < 4.78 is 0. The Labute approximate surface area is 125 Å². The molecule has 21 heavy (non-hydrogen) atoms. The minimum atomic E-state index is -0.755. The van der Waals surface area contributed by atoms with Crippen molar-refractivity contribution in [3.05, 3.63) is 71.8 Å². The first kappa shape index (κ1) is 15.3. The van der Waals surface area contributed by atoms with E-state index in [1.807, 2.05) is 67.6 Å². The van der Waals surface area contributed by atoms with Crippen LogP contribution in [0.4, 0.5) is 0 Å². The van der Waals surface area contributed by atoms with Crippen molar-refractivity contribution in [1.29, 1.82) is 0 Å². The Kier molecular flexibility index (Phi) is 5.12. The van der Waals surface area contributed by atoms with Crippen molar-refractivity contribution in [1.82, 2.24) is 4.90 Å². The third kappa shape index (κ3) is 3.50. The van der Waals surface area contributed by atoms with Gasteiger partial charge in [-0.3, -0.25) is 4.79 Å². The smallest absolute Gasteiger partial charge is 0.222 e. The Morgan fingerprint density at radius 3 is 1.95 bits per heavy atom. The zero-order chi connectivity index (χ0) is 15.2. The van der Waals surface area contributed by atoms with Crippen LogP contribution in [0, 0.1) is 0 Å². The van der Waals surface area contributed by atoms with Crippen molar-refractivity contribution < 1.29 is 9.90 Å². The van der Waals surface area contributed by atoms with E-state index in [0.717, 1.165) is 11.1 Å². The second kappa shape index (κ2) is 7.04. The van der Waals surface area contributed by atoms with Gasteiger partial charge in [-0.1, -0.05) is 67.6 Å². The molecule has 2 aromatic carbocycles. The summed E-state index contributed by atoms with van der Waals surface area (Å²) in [5.41, 5.74) is 1.74. The summed E-state index contributed by atoms with van der Waals surface area (Å²) in [5.74, 6) is 0.0128. The van der Waals surface area contributed by atoms with Gasteiger partial charge >= 0.3 is 0 Å². The summed E-state index contributed by atoms with van der Waals surface area (Å²) in [6, 6.07) is 18.7. The number of nitrogens with zero attached hydrogens (tertiary/aromatic N) is 1. The predicted octanol–water partition coefficient (Wildman–Crippen LogP) is 3.33. The van der Waals surface area contributed by atoms with Gasteiger partial charge in [0.25, 0.3) is 0 Å². The number of benzene rings is 2. The molecule has 1 N–H and O–H groups in total. The molecular formula is C18H21NO2. The minimum absolute atomic E-state index is 0.0128. The molecule has 2 atom stereocenters.